The standard InChI is InChI=1S/C30H30ClF2N7O3/c1-34-20-9-19(32)23(31)21-22-25(40-7-5-6-30(33,14-40)13-38(2)3)17(11-35-27(22)37-24(20)21)15-8-16-26(41)18(29(42)43)12-39(4)28(16)36-10-15/h8-12,34H,5-7,13-14H2,1-4H3,(H,35,37)(H,42,43). The number of carboxylic acid groups (broad SMARTS) is 1. The van der Waals surface area contributed by atoms with E-state index in [1.165, 1.54) is 16.8 Å². The maximum Gasteiger partial charge on any atom is 0.341 e. The number of piperidine rings is 1. The van der Waals surface area contributed by atoms with Gasteiger partial charge in [0.1, 0.15) is 28.3 Å². The molecule has 3 N–H and O–H groups in total. The topological polar surface area (TPSA) is 119 Å². The fraction of sp³-hybridized carbons (Fsp3) is 0.333. The minimum absolute atomic E-state index is 0.0573. The summed E-state index contributed by atoms with van der Waals surface area (Å²) in [5.74, 6) is -1.97. The average Bonchev–Trinajstić information content (AvgIpc) is 3.35. The number of alkyl halides is 1. The number of fused-ring (bicyclic) bond motifs is 4. The highest BCUT2D eigenvalue weighted by molar-refractivity contribution is 6.39. The van der Waals surface area contributed by atoms with E-state index in [0.717, 1.165) is 0 Å². The number of carboxylic acids is 1. The number of anilines is 2. The smallest absolute Gasteiger partial charge is 0.341 e. The van der Waals surface area contributed by atoms with Gasteiger partial charge < -0.3 is 29.8 Å². The van der Waals surface area contributed by atoms with Crippen molar-refractivity contribution >= 4 is 61.9 Å². The summed E-state index contributed by atoms with van der Waals surface area (Å²) in [5, 5.41) is 13.5. The van der Waals surface area contributed by atoms with Gasteiger partial charge >= 0.3 is 5.97 Å². The summed E-state index contributed by atoms with van der Waals surface area (Å²) < 4.78 is 32.9. The first-order valence-corrected chi connectivity index (χ1v) is 14.1. The van der Waals surface area contributed by atoms with E-state index in [0.29, 0.717) is 69.5 Å². The van der Waals surface area contributed by atoms with Crippen LogP contribution in [0.2, 0.25) is 5.02 Å². The Morgan fingerprint density at radius 2 is 2.02 bits per heavy atom. The third-order valence-corrected chi connectivity index (χ3v) is 8.40. The summed E-state index contributed by atoms with van der Waals surface area (Å²) in [6, 6.07) is 2.88. The van der Waals surface area contributed by atoms with Gasteiger partial charge in [0.2, 0.25) is 5.43 Å². The van der Waals surface area contributed by atoms with Crippen molar-refractivity contribution in [3.63, 3.8) is 0 Å². The number of aryl methyl sites for hydroxylation is 1. The number of halogens is 3. The molecular formula is C30H30ClF2N7O3. The van der Waals surface area contributed by atoms with Crippen LogP contribution in [0, 0.1) is 5.82 Å². The van der Waals surface area contributed by atoms with Gasteiger partial charge in [0.15, 0.2) is 0 Å². The zero-order valence-electron chi connectivity index (χ0n) is 24.1. The number of benzene rings is 1. The Balaban J connectivity index is 1.69. The molecule has 6 rings (SSSR count). The van der Waals surface area contributed by atoms with Gasteiger partial charge in [-0.05, 0) is 33.0 Å². The number of nitrogens with one attached hydrogen (secondary N) is 2. The molecule has 4 aromatic heterocycles. The highest BCUT2D eigenvalue weighted by Crippen LogP contribution is 2.46. The maximum atomic E-state index is 16.3. The molecule has 1 unspecified atom stereocenters. The zero-order chi connectivity index (χ0) is 30.8. The Bertz CT molecular complexity index is 2010. The number of pyridine rings is 3. The minimum atomic E-state index is -1.53. The number of H-pyrrole nitrogens is 1. The van der Waals surface area contributed by atoms with Crippen molar-refractivity contribution in [1.82, 2.24) is 24.4 Å². The molecule has 0 aliphatic carbocycles. The number of aromatic carboxylic acids is 1. The largest absolute Gasteiger partial charge is 0.477 e. The van der Waals surface area contributed by atoms with Gasteiger partial charge in [0, 0.05) is 68.4 Å². The lowest BCUT2D eigenvalue weighted by molar-refractivity contribution is 0.0694. The zero-order valence-corrected chi connectivity index (χ0v) is 24.8. The van der Waals surface area contributed by atoms with Crippen LogP contribution in [0.4, 0.5) is 20.2 Å². The summed E-state index contributed by atoms with van der Waals surface area (Å²) >= 11 is 6.61. The second-order valence-corrected chi connectivity index (χ2v) is 11.8. The van der Waals surface area contributed by atoms with Crippen molar-refractivity contribution in [2.24, 2.45) is 7.05 Å². The normalized spacial score (nSPS) is 17.4. The monoisotopic (exact) mass is 609 g/mol. The van der Waals surface area contributed by atoms with Crippen LogP contribution in [0.25, 0.3) is 44.1 Å². The fourth-order valence-corrected chi connectivity index (χ4v) is 6.56. The number of aromatic amines is 1. The molecule has 5 heterocycles. The van der Waals surface area contributed by atoms with Crippen LogP contribution >= 0.6 is 11.6 Å². The quantitative estimate of drug-likeness (QED) is 0.245. The Labute approximate surface area is 249 Å². The van der Waals surface area contributed by atoms with Crippen molar-refractivity contribution in [1.29, 1.82) is 0 Å². The van der Waals surface area contributed by atoms with E-state index < -0.39 is 22.9 Å². The molecule has 1 fully saturated rings. The van der Waals surface area contributed by atoms with Crippen LogP contribution in [0.5, 0.6) is 0 Å². The highest BCUT2D eigenvalue weighted by Gasteiger charge is 2.38. The lowest BCUT2D eigenvalue weighted by atomic mass is 9.92. The molecule has 0 bridgehead atoms. The second kappa shape index (κ2) is 10.5. The van der Waals surface area contributed by atoms with Crippen LogP contribution in [0.15, 0.2) is 35.5 Å². The minimum Gasteiger partial charge on any atom is -0.477 e. The lowest BCUT2D eigenvalue weighted by Crippen LogP contribution is -2.50. The van der Waals surface area contributed by atoms with E-state index >= 15 is 8.78 Å². The summed E-state index contributed by atoms with van der Waals surface area (Å²) in [5.41, 5.74) is 0.722. The van der Waals surface area contributed by atoms with Crippen molar-refractivity contribution in [2.45, 2.75) is 18.5 Å². The molecule has 1 aromatic carbocycles. The van der Waals surface area contributed by atoms with Crippen LogP contribution in [0.1, 0.15) is 23.2 Å². The van der Waals surface area contributed by atoms with E-state index in [2.05, 4.69) is 20.3 Å². The maximum absolute atomic E-state index is 16.3. The van der Waals surface area contributed by atoms with E-state index in [4.69, 9.17) is 11.6 Å². The SMILES string of the molecule is CNc1cc(F)c(Cl)c2c1[nH]c1ncc(-c3cnc4c(c3)c(=O)c(C(=O)O)cn4C)c(N3CCCC(F)(CN(C)C)C3)c12. The van der Waals surface area contributed by atoms with Crippen molar-refractivity contribution in [3.05, 3.63) is 57.3 Å². The molecule has 1 atom stereocenters. The van der Waals surface area contributed by atoms with Gasteiger partial charge in [-0.2, -0.15) is 0 Å². The van der Waals surface area contributed by atoms with Gasteiger partial charge in [-0.15, -0.1) is 0 Å². The summed E-state index contributed by atoms with van der Waals surface area (Å²) in [6.07, 6.45) is 5.35. The molecule has 0 spiro atoms. The van der Waals surface area contributed by atoms with Crippen LogP contribution < -0.4 is 15.6 Å². The van der Waals surface area contributed by atoms with E-state index in [1.807, 2.05) is 23.9 Å². The first kappa shape index (κ1) is 28.8. The summed E-state index contributed by atoms with van der Waals surface area (Å²) in [7, 11) is 6.93. The first-order chi connectivity index (χ1) is 20.4. The van der Waals surface area contributed by atoms with Gasteiger partial charge in [0.05, 0.1) is 39.2 Å². The molecule has 224 valence electrons. The number of nitrogens with zero attached hydrogens (tertiary/aromatic N) is 5. The molecule has 0 saturated carbocycles. The van der Waals surface area contributed by atoms with Gasteiger partial charge in [0.25, 0.3) is 0 Å². The molecule has 5 aromatic rings. The number of carbonyl (C=O) groups is 1. The number of rotatable bonds is 6. The van der Waals surface area contributed by atoms with Crippen LogP contribution in [0.3, 0.4) is 0 Å². The molecule has 43 heavy (non-hydrogen) atoms. The predicted molar refractivity (Wildman–Crippen MR) is 165 cm³/mol. The van der Waals surface area contributed by atoms with Crippen molar-refractivity contribution in [2.75, 3.05) is 51.0 Å². The number of hydrogen-bond donors (Lipinski definition) is 3. The molecule has 1 saturated heterocycles. The van der Waals surface area contributed by atoms with Gasteiger partial charge in [-0.3, -0.25) is 4.79 Å². The van der Waals surface area contributed by atoms with E-state index in [9.17, 15) is 14.7 Å². The summed E-state index contributed by atoms with van der Waals surface area (Å²) in [6.45, 7) is 0.781. The Hall–Kier alpha value is -4.29. The molecule has 1 aliphatic rings. The van der Waals surface area contributed by atoms with Crippen molar-refractivity contribution < 1.29 is 18.7 Å². The van der Waals surface area contributed by atoms with E-state index in [1.54, 1.807) is 32.6 Å². The number of aromatic nitrogens is 4. The average molecular weight is 610 g/mol. The van der Waals surface area contributed by atoms with Crippen LogP contribution in [-0.2, 0) is 7.05 Å². The highest BCUT2D eigenvalue weighted by atomic mass is 35.5. The Kier molecular flexibility index (Phi) is 7.01. The first-order valence-electron chi connectivity index (χ1n) is 13.7. The predicted octanol–water partition coefficient (Wildman–Crippen LogP) is 5.03. The molecule has 10 nitrogen and oxygen atoms in total. The molecule has 1 aliphatic heterocycles. The molecular weight excluding hydrogens is 580 g/mol. The fourth-order valence-electron chi connectivity index (χ4n) is 6.32. The molecule has 0 radical (unpaired) electrons. The summed E-state index contributed by atoms with van der Waals surface area (Å²) in [4.78, 5) is 41.1. The molecule has 13 heteroatoms. The lowest BCUT2D eigenvalue weighted by Gasteiger charge is -2.41. The van der Waals surface area contributed by atoms with Gasteiger partial charge in [-0.1, -0.05) is 11.6 Å². The van der Waals surface area contributed by atoms with Gasteiger partial charge in [-0.25, -0.2) is 23.5 Å². The second-order valence-electron chi connectivity index (χ2n) is 11.4. The van der Waals surface area contributed by atoms with Crippen molar-refractivity contribution in [3.8, 4) is 11.1 Å². The van der Waals surface area contributed by atoms with Crippen LogP contribution in [-0.4, -0.2) is 81.9 Å². The van der Waals surface area contributed by atoms with E-state index in [-0.39, 0.29) is 29.1 Å². The third-order valence-electron chi connectivity index (χ3n) is 8.03. The number of hydrogen-bond acceptors (Lipinski definition) is 7. The third kappa shape index (κ3) is 4.74. The molecule has 0 amide bonds. The Morgan fingerprint density at radius 3 is 2.72 bits per heavy atom. The Morgan fingerprint density at radius 1 is 1.26 bits per heavy atom.